The Bertz CT molecular complexity index is 588. The highest BCUT2D eigenvalue weighted by Crippen LogP contribution is 2.33. The highest BCUT2D eigenvalue weighted by atomic mass is 79.9. The van der Waals surface area contributed by atoms with Crippen molar-refractivity contribution >= 4 is 37.3 Å². The summed E-state index contributed by atoms with van der Waals surface area (Å²) in [6.07, 6.45) is 2.17. The van der Waals surface area contributed by atoms with E-state index in [4.69, 9.17) is 5.11 Å². The van der Waals surface area contributed by atoms with Crippen molar-refractivity contribution in [3.8, 4) is 0 Å². The topological polar surface area (TPSA) is 60.9 Å². The van der Waals surface area contributed by atoms with E-state index in [1.807, 2.05) is 0 Å². The Morgan fingerprint density at radius 3 is 2.86 bits per heavy atom. The van der Waals surface area contributed by atoms with E-state index in [0.717, 1.165) is 25.9 Å². The second-order valence-electron chi connectivity index (χ2n) is 5.22. The molecule has 1 aliphatic heterocycles. The minimum Gasteiger partial charge on any atom is -0.391 e. The summed E-state index contributed by atoms with van der Waals surface area (Å²) < 4.78 is 27.3. The maximum absolute atomic E-state index is 12.7. The maximum Gasteiger partial charge on any atom is 0.244 e. The molecule has 2 rings (SSSR count). The molecular weight excluding hydrogens is 376 g/mol. The molecule has 1 aromatic rings. The molecule has 1 saturated heterocycles. The van der Waals surface area contributed by atoms with Gasteiger partial charge in [-0.2, -0.15) is 4.31 Å². The van der Waals surface area contributed by atoms with Crippen molar-refractivity contribution in [2.75, 3.05) is 26.7 Å². The predicted octanol–water partition coefficient (Wildman–Crippen LogP) is 2.11. The first-order valence-electron chi connectivity index (χ1n) is 6.99. The summed E-state index contributed by atoms with van der Waals surface area (Å²) in [5.41, 5.74) is 0. The van der Waals surface area contributed by atoms with Crippen molar-refractivity contribution < 1.29 is 13.5 Å². The van der Waals surface area contributed by atoms with Crippen LogP contribution in [0.2, 0.25) is 0 Å². The van der Waals surface area contributed by atoms with Crippen LogP contribution in [0.3, 0.4) is 0 Å². The molecule has 0 amide bonds. The quantitative estimate of drug-likeness (QED) is 0.799. The smallest absolute Gasteiger partial charge is 0.244 e. The summed E-state index contributed by atoms with van der Waals surface area (Å²) in [5, 5.41) is 9.15. The Kier molecular flexibility index (Phi) is 5.84. The van der Waals surface area contributed by atoms with Crippen LogP contribution < -0.4 is 0 Å². The van der Waals surface area contributed by atoms with Gasteiger partial charge in [0.05, 0.1) is 10.4 Å². The van der Waals surface area contributed by atoms with Crippen molar-refractivity contribution in [1.29, 1.82) is 0 Å². The first kappa shape index (κ1) is 17.4. The molecule has 0 radical (unpaired) electrons. The van der Waals surface area contributed by atoms with Gasteiger partial charge in [0.2, 0.25) is 10.0 Å². The van der Waals surface area contributed by atoms with E-state index >= 15 is 0 Å². The number of aliphatic hydroxyl groups excluding tert-OH is 1. The fraction of sp³-hybridized carbons (Fsp3) is 0.692. The zero-order valence-corrected chi connectivity index (χ0v) is 15.5. The summed E-state index contributed by atoms with van der Waals surface area (Å²) in [4.78, 5) is 3.22. The zero-order chi connectivity index (χ0) is 15.6. The molecule has 1 N–H and O–H groups in total. The van der Waals surface area contributed by atoms with Gasteiger partial charge in [-0.3, -0.25) is 4.90 Å². The molecule has 2 heterocycles. The number of rotatable bonds is 6. The number of nitrogens with zero attached hydrogens (tertiary/aromatic N) is 2. The highest BCUT2D eigenvalue weighted by Gasteiger charge is 2.31. The molecule has 120 valence electrons. The fourth-order valence-electron chi connectivity index (χ4n) is 2.73. The minimum atomic E-state index is -3.52. The highest BCUT2D eigenvalue weighted by molar-refractivity contribution is 9.11. The van der Waals surface area contributed by atoms with Crippen LogP contribution in [-0.4, -0.2) is 55.5 Å². The second kappa shape index (κ2) is 7.06. The molecule has 1 fully saturated rings. The summed E-state index contributed by atoms with van der Waals surface area (Å²) in [5.74, 6) is 0. The van der Waals surface area contributed by atoms with Gasteiger partial charge in [0.15, 0.2) is 0 Å². The molecule has 1 aromatic heterocycles. The third kappa shape index (κ3) is 3.68. The van der Waals surface area contributed by atoms with Crippen LogP contribution in [0.1, 0.15) is 24.6 Å². The number of thiophene rings is 1. The number of sulfonamides is 1. The second-order valence-corrected chi connectivity index (χ2v) is 9.69. The lowest BCUT2D eigenvalue weighted by Crippen LogP contribution is -2.41. The lowest BCUT2D eigenvalue weighted by molar-refractivity contribution is 0.237. The largest absolute Gasteiger partial charge is 0.391 e. The van der Waals surface area contributed by atoms with Gasteiger partial charge in [-0.15, -0.1) is 11.3 Å². The number of likely N-dealkylation sites (tertiary alicyclic amines) is 1. The van der Waals surface area contributed by atoms with Gasteiger partial charge in [0.1, 0.15) is 4.90 Å². The van der Waals surface area contributed by atoms with E-state index in [2.05, 4.69) is 27.8 Å². The van der Waals surface area contributed by atoms with Crippen LogP contribution in [0.5, 0.6) is 0 Å². The van der Waals surface area contributed by atoms with E-state index in [0.29, 0.717) is 21.3 Å². The Morgan fingerprint density at radius 1 is 1.57 bits per heavy atom. The van der Waals surface area contributed by atoms with Crippen molar-refractivity contribution in [3.05, 3.63) is 14.7 Å². The average molecular weight is 397 g/mol. The molecular formula is C13H21BrN2O3S2. The Labute approximate surface area is 138 Å². The zero-order valence-electron chi connectivity index (χ0n) is 12.2. The van der Waals surface area contributed by atoms with Crippen LogP contribution in [-0.2, 0) is 16.6 Å². The Hall–Kier alpha value is 0.01000. The molecule has 1 aliphatic rings. The van der Waals surface area contributed by atoms with E-state index < -0.39 is 10.0 Å². The number of aliphatic hydroxyl groups is 1. The molecule has 1 unspecified atom stereocenters. The maximum atomic E-state index is 12.7. The van der Waals surface area contributed by atoms with Crippen LogP contribution >= 0.6 is 27.3 Å². The number of hydrogen-bond acceptors (Lipinski definition) is 5. The van der Waals surface area contributed by atoms with Crippen LogP contribution in [0.4, 0.5) is 0 Å². The molecule has 1 atom stereocenters. The Morgan fingerprint density at radius 2 is 2.29 bits per heavy atom. The minimum absolute atomic E-state index is 0.144. The van der Waals surface area contributed by atoms with Crippen LogP contribution in [0, 0.1) is 0 Å². The van der Waals surface area contributed by atoms with E-state index in [1.165, 1.54) is 15.6 Å². The van der Waals surface area contributed by atoms with Crippen molar-refractivity contribution in [2.24, 2.45) is 0 Å². The fourth-order valence-corrected chi connectivity index (χ4v) is 6.43. The number of hydrogen-bond donors (Lipinski definition) is 1. The van der Waals surface area contributed by atoms with Gasteiger partial charge < -0.3 is 5.11 Å². The average Bonchev–Trinajstić information content (AvgIpc) is 3.04. The van der Waals surface area contributed by atoms with Crippen LogP contribution in [0.15, 0.2) is 14.7 Å². The normalized spacial score (nSPS) is 20.5. The first-order chi connectivity index (χ1) is 9.90. The van der Waals surface area contributed by atoms with Gasteiger partial charge >= 0.3 is 0 Å². The summed E-state index contributed by atoms with van der Waals surface area (Å²) in [7, 11) is -1.89. The predicted molar refractivity (Wildman–Crippen MR) is 88.0 cm³/mol. The van der Waals surface area contributed by atoms with Crippen LogP contribution in [0.25, 0.3) is 0 Å². The first-order valence-corrected chi connectivity index (χ1v) is 10.0. The SMILES string of the molecule is CCN1CCCC1CN(C)S(=O)(=O)c1cc(CO)sc1Br. The third-order valence-electron chi connectivity index (χ3n) is 3.92. The molecule has 0 aromatic carbocycles. The number of halogens is 1. The molecule has 0 bridgehead atoms. The van der Waals surface area contributed by atoms with Gasteiger partial charge in [0.25, 0.3) is 0 Å². The standard InChI is InChI=1S/C13H21BrN2O3S2/c1-3-16-6-4-5-10(16)8-15(2)21(18,19)12-7-11(9-17)20-13(12)14/h7,10,17H,3-6,8-9H2,1-2H3. The van der Waals surface area contributed by atoms with Crippen molar-refractivity contribution in [3.63, 3.8) is 0 Å². The lowest BCUT2D eigenvalue weighted by Gasteiger charge is -2.27. The lowest BCUT2D eigenvalue weighted by atomic mass is 10.2. The third-order valence-corrected chi connectivity index (χ3v) is 7.98. The van der Waals surface area contributed by atoms with Gasteiger partial charge in [0, 0.05) is 24.5 Å². The number of likely N-dealkylation sites (N-methyl/N-ethyl adjacent to an activating group) is 2. The molecule has 5 nitrogen and oxygen atoms in total. The van der Waals surface area contributed by atoms with Gasteiger partial charge in [-0.25, -0.2) is 8.42 Å². The molecule has 0 aliphatic carbocycles. The molecule has 0 spiro atoms. The van der Waals surface area contributed by atoms with E-state index in [1.54, 1.807) is 13.1 Å². The molecule has 8 heteroatoms. The van der Waals surface area contributed by atoms with E-state index in [9.17, 15) is 8.42 Å². The summed E-state index contributed by atoms with van der Waals surface area (Å²) in [6, 6.07) is 1.84. The summed E-state index contributed by atoms with van der Waals surface area (Å²) >= 11 is 4.55. The molecule has 21 heavy (non-hydrogen) atoms. The van der Waals surface area contributed by atoms with Crippen molar-refractivity contribution in [1.82, 2.24) is 9.21 Å². The van der Waals surface area contributed by atoms with Crippen molar-refractivity contribution in [2.45, 2.75) is 37.3 Å². The van der Waals surface area contributed by atoms with Gasteiger partial charge in [-0.05, 0) is 47.9 Å². The Balaban J connectivity index is 2.16. The monoisotopic (exact) mass is 396 g/mol. The summed E-state index contributed by atoms with van der Waals surface area (Å²) in [6.45, 7) is 4.47. The van der Waals surface area contributed by atoms with Gasteiger partial charge in [-0.1, -0.05) is 6.92 Å². The van der Waals surface area contributed by atoms with E-state index in [-0.39, 0.29) is 11.5 Å². The molecule has 0 saturated carbocycles.